The van der Waals surface area contributed by atoms with Gasteiger partial charge in [0.2, 0.25) is 0 Å². The molecule has 1 aromatic carbocycles. The largest absolute Gasteiger partial charge is 0.397 e. The van der Waals surface area contributed by atoms with E-state index in [1.165, 1.54) is 5.56 Å². The third-order valence-electron chi connectivity index (χ3n) is 2.54. The third-order valence-corrected chi connectivity index (χ3v) is 2.54. The fraction of sp³-hybridized carbons (Fsp3) is 0.500. The lowest BCUT2D eigenvalue weighted by Crippen LogP contribution is -2.20. The zero-order chi connectivity index (χ0) is 11.3. The average Bonchev–Trinajstić information content (AvgIpc) is 2.22. The molecule has 0 heterocycles. The van der Waals surface area contributed by atoms with Crippen molar-refractivity contribution in [3.8, 4) is 0 Å². The second kappa shape index (κ2) is 5.61. The molecule has 0 saturated heterocycles. The van der Waals surface area contributed by atoms with Gasteiger partial charge in [-0.2, -0.15) is 0 Å². The van der Waals surface area contributed by atoms with Gasteiger partial charge in [0.05, 0.1) is 11.4 Å². The molecule has 3 nitrogen and oxygen atoms in total. The maximum atomic E-state index is 8.90. The topological polar surface area (TPSA) is 58.3 Å². The Morgan fingerprint density at radius 2 is 2.20 bits per heavy atom. The first kappa shape index (κ1) is 11.9. The highest BCUT2D eigenvalue weighted by Gasteiger charge is 2.07. The van der Waals surface area contributed by atoms with Crippen LogP contribution in [-0.4, -0.2) is 17.8 Å². The number of aliphatic hydroxyl groups excluding tert-OH is 1. The minimum absolute atomic E-state index is 0.206. The number of hydrogen-bond acceptors (Lipinski definition) is 3. The van der Waals surface area contributed by atoms with E-state index in [0.29, 0.717) is 6.04 Å². The molecule has 0 radical (unpaired) electrons. The number of benzene rings is 1. The van der Waals surface area contributed by atoms with E-state index < -0.39 is 0 Å². The van der Waals surface area contributed by atoms with Crippen LogP contribution in [0.2, 0.25) is 0 Å². The fourth-order valence-corrected chi connectivity index (χ4v) is 1.55. The molecule has 0 saturated carbocycles. The lowest BCUT2D eigenvalue weighted by molar-refractivity contribution is 0.278. The highest BCUT2D eigenvalue weighted by molar-refractivity contribution is 5.67. The van der Waals surface area contributed by atoms with Crippen molar-refractivity contribution in [1.29, 1.82) is 0 Å². The number of anilines is 2. The molecule has 0 bridgehead atoms. The number of nitrogens with one attached hydrogen (secondary N) is 1. The summed E-state index contributed by atoms with van der Waals surface area (Å²) in [6, 6.07) is 6.23. The first-order valence-corrected chi connectivity index (χ1v) is 5.41. The molecule has 15 heavy (non-hydrogen) atoms. The molecular formula is C12H20N2O. The maximum absolute atomic E-state index is 8.90. The first-order valence-electron chi connectivity index (χ1n) is 5.41. The maximum Gasteiger partial charge on any atom is 0.0578 e. The van der Waals surface area contributed by atoms with E-state index in [9.17, 15) is 0 Å². The summed E-state index contributed by atoms with van der Waals surface area (Å²) >= 11 is 0. The Hall–Kier alpha value is -1.22. The Morgan fingerprint density at radius 3 is 2.80 bits per heavy atom. The number of aryl methyl sites for hydroxylation is 1. The lowest BCUT2D eigenvalue weighted by Gasteiger charge is -2.18. The summed E-state index contributed by atoms with van der Waals surface area (Å²) < 4.78 is 0. The summed E-state index contributed by atoms with van der Waals surface area (Å²) in [7, 11) is 0. The van der Waals surface area contributed by atoms with Crippen LogP contribution in [0.25, 0.3) is 0 Å². The summed E-state index contributed by atoms with van der Waals surface area (Å²) in [4.78, 5) is 0. The molecule has 0 aliphatic rings. The van der Waals surface area contributed by atoms with Gasteiger partial charge in [0.25, 0.3) is 0 Å². The zero-order valence-corrected chi connectivity index (χ0v) is 9.46. The molecule has 1 rings (SSSR count). The van der Waals surface area contributed by atoms with Crippen molar-refractivity contribution in [1.82, 2.24) is 0 Å². The molecule has 0 aromatic heterocycles. The van der Waals surface area contributed by atoms with Gasteiger partial charge in [0.1, 0.15) is 0 Å². The van der Waals surface area contributed by atoms with Gasteiger partial charge in [-0.1, -0.05) is 13.0 Å². The van der Waals surface area contributed by atoms with Crippen molar-refractivity contribution in [2.75, 3.05) is 17.7 Å². The molecule has 0 aliphatic carbocycles. The van der Waals surface area contributed by atoms with Crippen molar-refractivity contribution in [2.24, 2.45) is 0 Å². The molecule has 84 valence electrons. The monoisotopic (exact) mass is 208 g/mol. The van der Waals surface area contributed by atoms with Gasteiger partial charge < -0.3 is 16.2 Å². The first-order chi connectivity index (χ1) is 7.17. The standard InChI is InChI=1S/C12H20N2O/c1-3-10(6-7-15)14-12-8-9(2)4-5-11(12)13/h4-5,8,10,14-15H,3,6-7,13H2,1-2H3. The van der Waals surface area contributed by atoms with Gasteiger partial charge in [-0.15, -0.1) is 0 Å². The van der Waals surface area contributed by atoms with Crippen molar-refractivity contribution < 1.29 is 5.11 Å². The van der Waals surface area contributed by atoms with Crippen molar-refractivity contribution in [2.45, 2.75) is 32.7 Å². The fourth-order valence-electron chi connectivity index (χ4n) is 1.55. The van der Waals surface area contributed by atoms with Crippen LogP contribution >= 0.6 is 0 Å². The van der Waals surface area contributed by atoms with Crippen molar-refractivity contribution in [3.63, 3.8) is 0 Å². The van der Waals surface area contributed by atoms with E-state index in [0.717, 1.165) is 24.2 Å². The second-order valence-electron chi connectivity index (χ2n) is 3.85. The molecule has 4 N–H and O–H groups in total. The van der Waals surface area contributed by atoms with Gasteiger partial charge in [0.15, 0.2) is 0 Å². The number of nitrogens with two attached hydrogens (primary N) is 1. The molecule has 0 aliphatic heterocycles. The Kier molecular flexibility index (Phi) is 4.43. The summed E-state index contributed by atoms with van der Waals surface area (Å²) in [5, 5.41) is 12.3. The highest BCUT2D eigenvalue weighted by atomic mass is 16.3. The van der Waals surface area contributed by atoms with Crippen LogP contribution in [0.4, 0.5) is 11.4 Å². The smallest absolute Gasteiger partial charge is 0.0578 e. The van der Waals surface area contributed by atoms with Gasteiger partial charge in [-0.3, -0.25) is 0 Å². The average molecular weight is 208 g/mol. The number of rotatable bonds is 5. The van der Waals surface area contributed by atoms with Crippen LogP contribution in [0.5, 0.6) is 0 Å². The Labute approximate surface area is 91.3 Å². The SMILES string of the molecule is CCC(CCO)Nc1cc(C)ccc1N. The summed E-state index contributed by atoms with van der Waals surface area (Å²) in [6.07, 6.45) is 1.73. The van der Waals surface area contributed by atoms with Crippen LogP contribution in [-0.2, 0) is 0 Å². The van der Waals surface area contributed by atoms with Gasteiger partial charge >= 0.3 is 0 Å². The predicted molar refractivity (Wildman–Crippen MR) is 65.0 cm³/mol. The molecule has 1 atom stereocenters. The van der Waals surface area contributed by atoms with Crippen LogP contribution in [0.15, 0.2) is 18.2 Å². The summed E-state index contributed by atoms with van der Waals surface area (Å²) in [6.45, 7) is 4.34. The molecule has 1 aromatic rings. The summed E-state index contributed by atoms with van der Waals surface area (Å²) in [5.41, 5.74) is 8.78. The number of aliphatic hydroxyl groups is 1. The summed E-state index contributed by atoms with van der Waals surface area (Å²) in [5.74, 6) is 0. The van der Waals surface area contributed by atoms with E-state index in [1.54, 1.807) is 0 Å². The minimum Gasteiger partial charge on any atom is -0.397 e. The van der Waals surface area contributed by atoms with Crippen LogP contribution in [0, 0.1) is 6.92 Å². The molecule has 3 heteroatoms. The van der Waals surface area contributed by atoms with E-state index in [4.69, 9.17) is 10.8 Å². The zero-order valence-electron chi connectivity index (χ0n) is 9.46. The normalized spacial score (nSPS) is 12.5. The Bertz CT molecular complexity index is 312. The van der Waals surface area contributed by atoms with Crippen molar-refractivity contribution >= 4 is 11.4 Å². The van der Waals surface area contributed by atoms with E-state index in [2.05, 4.69) is 12.2 Å². The highest BCUT2D eigenvalue weighted by Crippen LogP contribution is 2.21. The molecule has 0 amide bonds. The van der Waals surface area contributed by atoms with Crippen LogP contribution in [0.1, 0.15) is 25.3 Å². The number of hydrogen-bond donors (Lipinski definition) is 3. The second-order valence-corrected chi connectivity index (χ2v) is 3.85. The van der Waals surface area contributed by atoms with Gasteiger partial charge in [-0.05, 0) is 37.5 Å². The molecular weight excluding hydrogens is 188 g/mol. The van der Waals surface area contributed by atoms with Gasteiger partial charge in [0, 0.05) is 12.6 Å². The Balaban J connectivity index is 2.73. The quantitative estimate of drug-likeness (QED) is 0.650. The number of nitrogen functional groups attached to an aromatic ring is 1. The van der Waals surface area contributed by atoms with E-state index in [1.807, 2.05) is 25.1 Å². The van der Waals surface area contributed by atoms with Crippen LogP contribution in [0.3, 0.4) is 0 Å². The molecule has 0 fully saturated rings. The van der Waals surface area contributed by atoms with Gasteiger partial charge in [-0.25, -0.2) is 0 Å². The third kappa shape index (κ3) is 3.44. The van der Waals surface area contributed by atoms with E-state index >= 15 is 0 Å². The van der Waals surface area contributed by atoms with E-state index in [-0.39, 0.29) is 6.61 Å². The van der Waals surface area contributed by atoms with Crippen LogP contribution < -0.4 is 11.1 Å². The lowest BCUT2D eigenvalue weighted by atomic mass is 10.1. The molecule has 1 unspecified atom stereocenters. The minimum atomic E-state index is 0.206. The Morgan fingerprint density at radius 1 is 1.47 bits per heavy atom. The van der Waals surface area contributed by atoms with Crippen molar-refractivity contribution in [3.05, 3.63) is 23.8 Å². The molecule has 0 spiro atoms. The predicted octanol–water partition coefficient (Wildman–Crippen LogP) is 2.15.